The van der Waals surface area contributed by atoms with Gasteiger partial charge in [-0.25, -0.2) is 13.2 Å². The van der Waals surface area contributed by atoms with Crippen LogP contribution in [0, 0.1) is 6.92 Å². The zero-order chi connectivity index (χ0) is 11.6. The third-order valence-corrected chi connectivity index (χ3v) is 3.68. The molecule has 0 atom stereocenters. The van der Waals surface area contributed by atoms with E-state index in [2.05, 4.69) is 0 Å². The summed E-state index contributed by atoms with van der Waals surface area (Å²) in [5.74, 6) is -1.23. The molecule has 1 aromatic rings. The fourth-order valence-corrected chi connectivity index (χ4v) is 2.07. The average molecular weight is 232 g/mol. The van der Waals surface area contributed by atoms with Gasteiger partial charge in [0.1, 0.15) is 5.76 Å². The van der Waals surface area contributed by atoms with E-state index in [9.17, 15) is 13.2 Å². The highest BCUT2D eigenvalue weighted by atomic mass is 32.2. The summed E-state index contributed by atoms with van der Waals surface area (Å²) in [6.45, 7) is 3.09. The first-order chi connectivity index (χ1) is 6.85. The van der Waals surface area contributed by atoms with Crippen molar-refractivity contribution in [2.24, 2.45) is 0 Å². The second-order valence-corrected chi connectivity index (χ2v) is 5.53. The Balaban J connectivity index is 3.02. The van der Waals surface area contributed by atoms with Gasteiger partial charge in [0.25, 0.3) is 0 Å². The Bertz CT molecular complexity index is 469. The van der Waals surface area contributed by atoms with E-state index in [0.717, 1.165) is 0 Å². The predicted molar refractivity (Wildman–Crippen MR) is 53.6 cm³/mol. The molecule has 84 valence electrons. The van der Waals surface area contributed by atoms with E-state index in [1.807, 2.05) is 0 Å². The molecule has 1 N–H and O–H groups in total. The summed E-state index contributed by atoms with van der Waals surface area (Å²) >= 11 is 0. The monoisotopic (exact) mass is 232 g/mol. The van der Waals surface area contributed by atoms with Gasteiger partial charge in [-0.3, -0.25) is 0 Å². The molecule has 0 aliphatic carbocycles. The van der Waals surface area contributed by atoms with Gasteiger partial charge in [0.15, 0.2) is 9.84 Å². The van der Waals surface area contributed by atoms with Crippen LogP contribution in [0.25, 0.3) is 0 Å². The van der Waals surface area contributed by atoms with Crippen LogP contribution in [0.1, 0.15) is 28.8 Å². The molecule has 0 fully saturated rings. The first-order valence-electron chi connectivity index (χ1n) is 4.38. The summed E-state index contributed by atoms with van der Waals surface area (Å²) in [4.78, 5) is 10.6. The van der Waals surface area contributed by atoms with Crippen molar-refractivity contribution in [3.8, 4) is 0 Å². The molecule has 0 radical (unpaired) electrons. The van der Waals surface area contributed by atoms with Crippen LogP contribution in [-0.2, 0) is 15.6 Å². The maximum absolute atomic E-state index is 11.3. The first kappa shape index (κ1) is 11.8. The molecule has 15 heavy (non-hydrogen) atoms. The van der Waals surface area contributed by atoms with Crippen LogP contribution < -0.4 is 0 Å². The molecule has 0 saturated heterocycles. The van der Waals surface area contributed by atoms with Gasteiger partial charge in [0.2, 0.25) is 5.76 Å². The van der Waals surface area contributed by atoms with Crippen molar-refractivity contribution in [3.05, 3.63) is 23.2 Å². The van der Waals surface area contributed by atoms with Crippen LogP contribution in [0.2, 0.25) is 0 Å². The van der Waals surface area contributed by atoms with Crippen LogP contribution in [0.3, 0.4) is 0 Å². The van der Waals surface area contributed by atoms with E-state index in [0.29, 0.717) is 11.3 Å². The summed E-state index contributed by atoms with van der Waals surface area (Å²) in [7, 11) is -3.16. The molecule has 0 spiro atoms. The van der Waals surface area contributed by atoms with Crippen molar-refractivity contribution in [1.29, 1.82) is 0 Å². The van der Waals surface area contributed by atoms with Gasteiger partial charge in [0.05, 0.1) is 5.75 Å². The van der Waals surface area contributed by atoms with Gasteiger partial charge < -0.3 is 9.52 Å². The van der Waals surface area contributed by atoms with Gasteiger partial charge in [0, 0.05) is 11.3 Å². The van der Waals surface area contributed by atoms with Gasteiger partial charge >= 0.3 is 5.97 Å². The first-order valence-corrected chi connectivity index (χ1v) is 6.21. The van der Waals surface area contributed by atoms with Crippen molar-refractivity contribution >= 4 is 15.8 Å². The Morgan fingerprint density at radius 2 is 2.13 bits per heavy atom. The normalized spacial score (nSPS) is 11.6. The molecule has 1 aromatic heterocycles. The second kappa shape index (κ2) is 4.06. The Hall–Kier alpha value is -1.30. The predicted octanol–water partition coefficient (Wildman–Crippen LogP) is 1.22. The Kier molecular flexibility index (Phi) is 3.18. The number of aromatic carboxylic acids is 1. The number of carboxylic acids is 1. The molecule has 6 heteroatoms. The van der Waals surface area contributed by atoms with Crippen molar-refractivity contribution in [2.75, 3.05) is 5.75 Å². The topological polar surface area (TPSA) is 84.6 Å². The Labute approximate surface area is 87.6 Å². The molecule has 0 bridgehead atoms. The Morgan fingerprint density at radius 3 is 2.53 bits per heavy atom. The highest BCUT2D eigenvalue weighted by molar-refractivity contribution is 7.90. The lowest BCUT2D eigenvalue weighted by Crippen LogP contribution is -2.06. The van der Waals surface area contributed by atoms with Crippen molar-refractivity contribution in [1.82, 2.24) is 0 Å². The molecule has 0 amide bonds. The molecule has 5 nitrogen and oxygen atoms in total. The molecule has 0 aromatic carbocycles. The van der Waals surface area contributed by atoms with E-state index in [4.69, 9.17) is 9.52 Å². The number of furan rings is 1. The van der Waals surface area contributed by atoms with Crippen LogP contribution in [-0.4, -0.2) is 25.2 Å². The quantitative estimate of drug-likeness (QED) is 0.843. The second-order valence-electron chi connectivity index (χ2n) is 3.17. The summed E-state index contributed by atoms with van der Waals surface area (Å²) in [6.07, 6.45) is 0. The van der Waals surface area contributed by atoms with Crippen LogP contribution in [0.15, 0.2) is 10.5 Å². The minimum Gasteiger partial charge on any atom is -0.475 e. The van der Waals surface area contributed by atoms with Crippen LogP contribution >= 0.6 is 0 Å². The zero-order valence-electron chi connectivity index (χ0n) is 8.48. The van der Waals surface area contributed by atoms with Crippen molar-refractivity contribution in [3.63, 3.8) is 0 Å². The lowest BCUT2D eigenvalue weighted by Gasteiger charge is -1.98. The number of rotatable bonds is 4. The third kappa shape index (κ3) is 2.82. The average Bonchev–Trinajstić information content (AvgIpc) is 2.47. The number of carboxylic acid groups (broad SMARTS) is 1. The molecule has 0 aliphatic rings. The lowest BCUT2D eigenvalue weighted by molar-refractivity contribution is 0.0661. The zero-order valence-corrected chi connectivity index (χ0v) is 9.30. The van der Waals surface area contributed by atoms with Gasteiger partial charge in [-0.05, 0) is 13.0 Å². The maximum Gasteiger partial charge on any atom is 0.371 e. The SMILES string of the molecule is CCS(=O)(=O)Cc1cc(C(=O)O)oc1C. The molecule has 0 unspecified atom stereocenters. The molecule has 0 aliphatic heterocycles. The molecular weight excluding hydrogens is 220 g/mol. The fraction of sp³-hybridized carbons (Fsp3) is 0.444. The molecule has 0 saturated carbocycles. The Morgan fingerprint density at radius 1 is 1.53 bits per heavy atom. The van der Waals surface area contributed by atoms with E-state index in [1.165, 1.54) is 6.07 Å². The largest absolute Gasteiger partial charge is 0.475 e. The highest BCUT2D eigenvalue weighted by Crippen LogP contribution is 2.17. The third-order valence-electron chi connectivity index (χ3n) is 2.05. The van der Waals surface area contributed by atoms with Gasteiger partial charge in [-0.15, -0.1) is 0 Å². The number of sulfone groups is 1. The fourth-order valence-electron chi connectivity index (χ4n) is 1.11. The molecule has 1 heterocycles. The van der Waals surface area contributed by atoms with E-state index in [1.54, 1.807) is 13.8 Å². The maximum atomic E-state index is 11.3. The van der Waals surface area contributed by atoms with Crippen LogP contribution in [0.5, 0.6) is 0 Å². The minimum absolute atomic E-state index is 0.0278. The number of aryl methyl sites for hydroxylation is 1. The van der Waals surface area contributed by atoms with Crippen LogP contribution in [0.4, 0.5) is 0 Å². The molecule has 1 rings (SSSR count). The lowest BCUT2D eigenvalue weighted by atomic mass is 10.3. The summed E-state index contributed by atoms with van der Waals surface area (Å²) in [6, 6.07) is 1.25. The number of carbonyl (C=O) groups is 1. The number of hydrogen-bond donors (Lipinski definition) is 1. The van der Waals surface area contributed by atoms with E-state index < -0.39 is 15.8 Å². The van der Waals surface area contributed by atoms with Crippen molar-refractivity contribution < 1.29 is 22.7 Å². The summed E-state index contributed by atoms with van der Waals surface area (Å²) in [5, 5.41) is 8.63. The minimum atomic E-state index is -3.16. The van der Waals surface area contributed by atoms with E-state index in [-0.39, 0.29) is 17.3 Å². The van der Waals surface area contributed by atoms with Gasteiger partial charge in [-0.2, -0.15) is 0 Å². The molecular formula is C9H12O5S. The smallest absolute Gasteiger partial charge is 0.371 e. The van der Waals surface area contributed by atoms with Gasteiger partial charge in [-0.1, -0.05) is 6.92 Å². The number of hydrogen-bond acceptors (Lipinski definition) is 4. The standard InChI is InChI=1S/C9H12O5S/c1-3-15(12,13)5-7-4-8(9(10)11)14-6(7)2/h4H,3,5H2,1-2H3,(H,10,11). The van der Waals surface area contributed by atoms with E-state index >= 15 is 0 Å². The highest BCUT2D eigenvalue weighted by Gasteiger charge is 2.17. The summed E-state index contributed by atoms with van der Waals surface area (Å²) < 4.78 is 27.5. The van der Waals surface area contributed by atoms with Crippen molar-refractivity contribution in [2.45, 2.75) is 19.6 Å². The summed E-state index contributed by atoms with van der Waals surface area (Å²) in [5.41, 5.74) is 0.411.